The van der Waals surface area contributed by atoms with E-state index in [1.165, 1.54) is 12.1 Å². The molecular formula is C17H24N2O6S. The number of sulfone groups is 1. The molecule has 0 unspecified atom stereocenters. The second-order valence-electron chi connectivity index (χ2n) is 6.81. The number of aliphatic hydroxyl groups excluding tert-OH is 1. The molecule has 0 radical (unpaired) electrons. The van der Waals surface area contributed by atoms with Crippen LogP contribution in [0.2, 0.25) is 0 Å². The SMILES string of the molecule is CS(=O)(=O)c1ccc(C[C@H](N)[C@H](O)C(=O)NC2(C(=O)O)CCCC2)cc1. The van der Waals surface area contributed by atoms with E-state index >= 15 is 0 Å². The van der Waals surface area contributed by atoms with Crippen molar-refractivity contribution in [3.8, 4) is 0 Å². The summed E-state index contributed by atoms with van der Waals surface area (Å²) in [6.45, 7) is 0. The van der Waals surface area contributed by atoms with E-state index in [1.54, 1.807) is 12.1 Å². The fraction of sp³-hybridized carbons (Fsp3) is 0.529. The van der Waals surface area contributed by atoms with Gasteiger partial charge in [-0.1, -0.05) is 25.0 Å². The molecule has 9 heteroatoms. The molecule has 8 nitrogen and oxygen atoms in total. The molecule has 144 valence electrons. The Labute approximate surface area is 152 Å². The lowest BCUT2D eigenvalue weighted by Gasteiger charge is -2.28. The van der Waals surface area contributed by atoms with Crippen molar-refractivity contribution >= 4 is 21.7 Å². The molecule has 1 aliphatic rings. The van der Waals surface area contributed by atoms with Crippen LogP contribution in [0.15, 0.2) is 29.2 Å². The van der Waals surface area contributed by atoms with Crippen LogP contribution in [-0.4, -0.2) is 54.4 Å². The summed E-state index contributed by atoms with van der Waals surface area (Å²) in [7, 11) is -3.31. The topological polar surface area (TPSA) is 147 Å². The monoisotopic (exact) mass is 384 g/mol. The molecule has 2 rings (SSSR count). The maximum Gasteiger partial charge on any atom is 0.329 e. The van der Waals surface area contributed by atoms with E-state index in [-0.39, 0.29) is 11.3 Å². The van der Waals surface area contributed by atoms with E-state index in [2.05, 4.69) is 5.32 Å². The van der Waals surface area contributed by atoms with Crippen molar-refractivity contribution < 1.29 is 28.2 Å². The average Bonchev–Trinajstić information content (AvgIpc) is 3.03. The van der Waals surface area contributed by atoms with Gasteiger partial charge in [0.05, 0.1) is 4.90 Å². The van der Waals surface area contributed by atoms with E-state index in [0.29, 0.717) is 31.2 Å². The number of aliphatic carboxylic acids is 1. The van der Waals surface area contributed by atoms with Gasteiger partial charge in [0.15, 0.2) is 9.84 Å². The smallest absolute Gasteiger partial charge is 0.329 e. The Kier molecular flexibility index (Phi) is 6.05. The molecule has 1 saturated carbocycles. The van der Waals surface area contributed by atoms with Gasteiger partial charge in [-0.25, -0.2) is 13.2 Å². The van der Waals surface area contributed by atoms with E-state index in [9.17, 15) is 28.2 Å². The highest BCUT2D eigenvalue weighted by molar-refractivity contribution is 7.90. The maximum absolute atomic E-state index is 12.2. The first-order valence-electron chi connectivity index (χ1n) is 8.33. The van der Waals surface area contributed by atoms with Gasteiger partial charge in [0, 0.05) is 12.3 Å². The van der Waals surface area contributed by atoms with Crippen LogP contribution >= 0.6 is 0 Å². The lowest BCUT2D eigenvalue weighted by molar-refractivity contribution is -0.149. The maximum atomic E-state index is 12.2. The number of nitrogens with two attached hydrogens (primary N) is 1. The lowest BCUT2D eigenvalue weighted by atomic mass is 9.96. The third-order valence-corrected chi connectivity index (χ3v) is 5.85. The standard InChI is InChI=1S/C17H24N2O6S/c1-26(24,25)12-6-4-11(5-7-12)10-13(18)14(20)15(21)19-17(16(22)23)8-2-3-9-17/h4-7,13-14,20H,2-3,8-10,18H2,1H3,(H,19,21)(H,22,23)/t13-,14-/m0/s1. The Bertz CT molecular complexity index is 769. The van der Waals surface area contributed by atoms with Crippen LogP contribution < -0.4 is 11.1 Å². The summed E-state index contributed by atoms with van der Waals surface area (Å²) in [6.07, 6.45) is 1.71. The molecular weight excluding hydrogens is 360 g/mol. The molecule has 2 atom stereocenters. The largest absolute Gasteiger partial charge is 0.480 e. The van der Waals surface area contributed by atoms with Gasteiger partial charge >= 0.3 is 5.97 Å². The Morgan fingerprint density at radius 2 is 1.77 bits per heavy atom. The molecule has 0 saturated heterocycles. The van der Waals surface area contributed by atoms with Gasteiger partial charge in [0.2, 0.25) is 0 Å². The van der Waals surface area contributed by atoms with Gasteiger partial charge in [-0.2, -0.15) is 0 Å². The average molecular weight is 384 g/mol. The fourth-order valence-electron chi connectivity index (χ4n) is 3.13. The van der Waals surface area contributed by atoms with Crippen molar-refractivity contribution in [3.05, 3.63) is 29.8 Å². The number of nitrogens with one attached hydrogen (secondary N) is 1. The Morgan fingerprint density at radius 1 is 1.23 bits per heavy atom. The molecule has 0 spiro atoms. The van der Waals surface area contributed by atoms with Crippen LogP contribution in [0.25, 0.3) is 0 Å². The first-order chi connectivity index (χ1) is 12.0. The van der Waals surface area contributed by atoms with Gasteiger partial charge in [-0.3, -0.25) is 4.79 Å². The molecule has 1 aromatic carbocycles. The van der Waals surface area contributed by atoms with Crippen LogP contribution in [-0.2, 0) is 25.8 Å². The highest BCUT2D eigenvalue weighted by Crippen LogP contribution is 2.30. The van der Waals surface area contributed by atoms with Gasteiger partial charge in [0.25, 0.3) is 5.91 Å². The van der Waals surface area contributed by atoms with Crippen LogP contribution in [0.4, 0.5) is 0 Å². The summed E-state index contributed by atoms with van der Waals surface area (Å²) in [4.78, 5) is 23.9. The zero-order valence-corrected chi connectivity index (χ0v) is 15.3. The predicted molar refractivity (Wildman–Crippen MR) is 94.2 cm³/mol. The minimum absolute atomic E-state index is 0.138. The van der Waals surface area contributed by atoms with E-state index in [1.807, 2.05) is 0 Å². The molecule has 0 aliphatic heterocycles. The second kappa shape index (κ2) is 7.73. The molecule has 1 aliphatic carbocycles. The van der Waals surface area contributed by atoms with Crippen molar-refractivity contribution in [2.24, 2.45) is 5.73 Å². The molecule has 0 bridgehead atoms. The molecule has 1 amide bonds. The van der Waals surface area contributed by atoms with Crippen molar-refractivity contribution in [2.45, 2.75) is 54.7 Å². The summed E-state index contributed by atoms with van der Waals surface area (Å²) in [6, 6.07) is 5.04. The number of hydrogen-bond acceptors (Lipinski definition) is 6. The number of carboxylic acids is 1. The van der Waals surface area contributed by atoms with Gasteiger partial charge in [0.1, 0.15) is 11.6 Å². The van der Waals surface area contributed by atoms with E-state index in [4.69, 9.17) is 5.73 Å². The van der Waals surface area contributed by atoms with Crippen LogP contribution in [0.1, 0.15) is 31.2 Å². The van der Waals surface area contributed by atoms with Gasteiger partial charge in [-0.05, 0) is 37.0 Å². The summed E-state index contributed by atoms with van der Waals surface area (Å²) < 4.78 is 22.9. The Hall–Kier alpha value is -1.97. The van der Waals surface area contributed by atoms with Crippen molar-refractivity contribution in [3.63, 3.8) is 0 Å². The number of carboxylic acid groups (broad SMARTS) is 1. The van der Waals surface area contributed by atoms with Gasteiger partial charge in [-0.15, -0.1) is 0 Å². The minimum Gasteiger partial charge on any atom is -0.480 e. The van der Waals surface area contributed by atoms with Crippen LogP contribution in [0, 0.1) is 0 Å². The number of hydrogen-bond donors (Lipinski definition) is 4. The normalized spacial score (nSPS) is 18.9. The minimum atomic E-state index is -3.31. The number of carbonyl (C=O) groups excluding carboxylic acids is 1. The molecule has 5 N–H and O–H groups in total. The second-order valence-corrected chi connectivity index (χ2v) is 8.83. The predicted octanol–water partition coefficient (Wildman–Crippen LogP) is -0.166. The molecule has 0 heterocycles. The summed E-state index contributed by atoms with van der Waals surface area (Å²) in [5.74, 6) is -1.92. The van der Waals surface area contributed by atoms with E-state index in [0.717, 1.165) is 6.26 Å². The van der Waals surface area contributed by atoms with Crippen LogP contribution in [0.5, 0.6) is 0 Å². The first kappa shape index (κ1) is 20.3. The Morgan fingerprint density at radius 3 is 2.23 bits per heavy atom. The van der Waals surface area contributed by atoms with Crippen molar-refractivity contribution in [1.82, 2.24) is 5.32 Å². The van der Waals surface area contributed by atoms with Gasteiger partial charge < -0.3 is 21.3 Å². The molecule has 1 aromatic rings. The highest BCUT2D eigenvalue weighted by Gasteiger charge is 2.44. The number of carbonyl (C=O) groups is 2. The third-order valence-electron chi connectivity index (χ3n) is 4.73. The van der Waals surface area contributed by atoms with Crippen LogP contribution in [0.3, 0.4) is 0 Å². The number of aliphatic hydroxyl groups is 1. The zero-order chi connectivity index (χ0) is 19.5. The Balaban J connectivity index is 2.01. The molecule has 1 fully saturated rings. The van der Waals surface area contributed by atoms with Crippen molar-refractivity contribution in [1.29, 1.82) is 0 Å². The lowest BCUT2D eigenvalue weighted by Crippen LogP contribution is -2.58. The van der Waals surface area contributed by atoms with Crippen molar-refractivity contribution in [2.75, 3.05) is 6.26 Å². The summed E-state index contributed by atoms with van der Waals surface area (Å²) in [5, 5.41) is 22.0. The zero-order valence-electron chi connectivity index (χ0n) is 14.5. The summed E-state index contributed by atoms with van der Waals surface area (Å²) in [5.41, 5.74) is 5.21. The first-order valence-corrected chi connectivity index (χ1v) is 10.2. The quantitative estimate of drug-likeness (QED) is 0.510. The molecule has 0 aromatic heterocycles. The molecule has 26 heavy (non-hydrogen) atoms. The summed E-state index contributed by atoms with van der Waals surface area (Å²) >= 11 is 0. The number of amides is 1. The number of benzene rings is 1. The third kappa shape index (κ3) is 4.60. The van der Waals surface area contributed by atoms with E-state index < -0.39 is 39.4 Å². The fourth-order valence-corrected chi connectivity index (χ4v) is 3.76. The number of rotatable bonds is 7. The highest BCUT2D eigenvalue weighted by atomic mass is 32.2.